The Kier molecular flexibility index (Phi) is 5.45. The highest BCUT2D eigenvalue weighted by molar-refractivity contribution is 5.68. The summed E-state index contributed by atoms with van der Waals surface area (Å²) < 4.78 is 5.51. The van der Waals surface area contributed by atoms with E-state index in [1.165, 1.54) is 24.0 Å². The number of alkyl carbamates (subject to hydrolysis) is 1. The second-order valence-corrected chi connectivity index (χ2v) is 5.87. The molecule has 0 saturated carbocycles. The van der Waals surface area contributed by atoms with Gasteiger partial charge in [-0.2, -0.15) is 0 Å². The summed E-state index contributed by atoms with van der Waals surface area (Å²) >= 11 is 0. The first-order valence-electron chi connectivity index (χ1n) is 7.63. The van der Waals surface area contributed by atoms with Gasteiger partial charge < -0.3 is 10.1 Å². The number of carbonyl (C=O) groups excluding carboxylic acids is 1. The highest BCUT2D eigenvalue weighted by Crippen LogP contribution is 2.18. The van der Waals surface area contributed by atoms with Crippen LogP contribution in [0.2, 0.25) is 0 Å². The third kappa shape index (κ3) is 4.87. The summed E-state index contributed by atoms with van der Waals surface area (Å²) in [5, 5.41) is 2.95. The Balaban J connectivity index is 1.83. The molecular formula is C17H25NO2. The summed E-state index contributed by atoms with van der Waals surface area (Å²) in [7, 11) is 0. The van der Waals surface area contributed by atoms with Gasteiger partial charge in [0.15, 0.2) is 0 Å². The average Bonchev–Trinajstić information content (AvgIpc) is 2.31. The summed E-state index contributed by atoms with van der Waals surface area (Å²) in [6.45, 7) is 4.15. The normalized spacial score (nSPS) is 26.9. The molecule has 0 bridgehead atoms. The van der Waals surface area contributed by atoms with Crippen molar-refractivity contribution in [2.75, 3.05) is 0 Å². The number of hydrogen-bond acceptors (Lipinski definition) is 2. The molecule has 0 fully saturated rings. The van der Waals surface area contributed by atoms with Crippen LogP contribution in [0.5, 0.6) is 0 Å². The first-order chi connectivity index (χ1) is 9.63. The number of hydrogen-bond donors (Lipinski definition) is 1. The van der Waals surface area contributed by atoms with E-state index >= 15 is 0 Å². The molecule has 1 amide bonds. The average molecular weight is 275 g/mol. The van der Waals surface area contributed by atoms with Crippen molar-refractivity contribution in [2.24, 2.45) is 0 Å². The molecule has 0 aromatic rings. The number of nitrogens with one attached hydrogen (secondary N) is 1. The van der Waals surface area contributed by atoms with Gasteiger partial charge in [0, 0.05) is 0 Å². The summed E-state index contributed by atoms with van der Waals surface area (Å²) in [6.07, 6.45) is 14.5. The van der Waals surface area contributed by atoms with Crippen molar-refractivity contribution >= 4 is 6.09 Å². The van der Waals surface area contributed by atoms with Gasteiger partial charge in [-0.3, -0.25) is 0 Å². The highest BCUT2D eigenvalue weighted by Gasteiger charge is 2.17. The van der Waals surface area contributed by atoms with Crippen LogP contribution >= 0.6 is 0 Å². The Hall–Kier alpha value is -1.51. The predicted molar refractivity (Wildman–Crippen MR) is 81.5 cm³/mol. The van der Waals surface area contributed by atoms with Gasteiger partial charge in [0.2, 0.25) is 0 Å². The van der Waals surface area contributed by atoms with E-state index in [2.05, 4.69) is 37.4 Å². The molecule has 0 saturated heterocycles. The topological polar surface area (TPSA) is 38.3 Å². The highest BCUT2D eigenvalue weighted by atomic mass is 16.6. The molecule has 0 aromatic carbocycles. The van der Waals surface area contributed by atoms with Crippen LogP contribution in [0.25, 0.3) is 0 Å². The molecule has 3 heteroatoms. The predicted octanol–water partition coefficient (Wildman–Crippen LogP) is 4.27. The van der Waals surface area contributed by atoms with Crippen LogP contribution in [0, 0.1) is 0 Å². The van der Waals surface area contributed by atoms with E-state index in [4.69, 9.17) is 4.74 Å². The number of ether oxygens (including phenoxy) is 1. The van der Waals surface area contributed by atoms with E-state index in [0.29, 0.717) is 0 Å². The molecule has 3 nitrogen and oxygen atoms in total. The first-order valence-corrected chi connectivity index (χ1v) is 7.63. The maximum absolute atomic E-state index is 12.0. The maximum Gasteiger partial charge on any atom is 0.408 e. The van der Waals surface area contributed by atoms with Crippen LogP contribution in [0.3, 0.4) is 0 Å². The van der Waals surface area contributed by atoms with Crippen molar-refractivity contribution in [2.45, 2.75) is 64.5 Å². The van der Waals surface area contributed by atoms with Crippen molar-refractivity contribution in [3.05, 3.63) is 35.5 Å². The smallest absolute Gasteiger partial charge is 0.408 e. The number of allylic oxidation sites excluding steroid dienone is 3. The quantitative estimate of drug-likeness (QED) is 0.764. The molecule has 0 aromatic heterocycles. The molecular weight excluding hydrogens is 250 g/mol. The molecule has 0 spiro atoms. The third-order valence-electron chi connectivity index (χ3n) is 3.75. The van der Waals surface area contributed by atoms with Gasteiger partial charge in [-0.15, -0.1) is 0 Å². The minimum atomic E-state index is -0.302. The largest absolute Gasteiger partial charge is 0.442 e. The maximum atomic E-state index is 12.0. The van der Waals surface area contributed by atoms with E-state index in [1.54, 1.807) is 0 Å². The fraction of sp³-hybridized carbons (Fsp3) is 0.588. The molecule has 2 rings (SSSR count). The fourth-order valence-corrected chi connectivity index (χ4v) is 2.86. The third-order valence-corrected chi connectivity index (χ3v) is 3.75. The van der Waals surface area contributed by atoms with Crippen LogP contribution in [-0.4, -0.2) is 18.2 Å². The standard InChI is InChI=1S/C17H25NO2/c1-13-10-14(2)12-15(11-13)18-17(19)20-16-8-6-4-3-5-7-9-16/h6,8,10-11,15-16H,3-5,7,9,12H2,1-2H3,(H,18,19). The monoisotopic (exact) mass is 275 g/mol. The Labute approximate surface area is 121 Å². The Morgan fingerprint density at radius 3 is 2.95 bits per heavy atom. The molecule has 0 radical (unpaired) electrons. The van der Waals surface area contributed by atoms with Gasteiger partial charge in [0.05, 0.1) is 6.04 Å². The summed E-state index contributed by atoms with van der Waals surface area (Å²) in [5.74, 6) is 0. The van der Waals surface area contributed by atoms with E-state index < -0.39 is 0 Å². The van der Waals surface area contributed by atoms with E-state index in [0.717, 1.165) is 25.7 Å². The molecule has 0 aliphatic heterocycles. The molecule has 0 heterocycles. The van der Waals surface area contributed by atoms with E-state index in [9.17, 15) is 4.79 Å². The fourth-order valence-electron chi connectivity index (χ4n) is 2.86. The van der Waals surface area contributed by atoms with Crippen LogP contribution < -0.4 is 5.32 Å². The molecule has 20 heavy (non-hydrogen) atoms. The zero-order valence-corrected chi connectivity index (χ0v) is 12.5. The van der Waals surface area contributed by atoms with Gasteiger partial charge in [0.1, 0.15) is 6.10 Å². The van der Waals surface area contributed by atoms with Crippen molar-refractivity contribution in [3.8, 4) is 0 Å². The lowest BCUT2D eigenvalue weighted by atomic mass is 9.97. The zero-order chi connectivity index (χ0) is 14.4. The van der Waals surface area contributed by atoms with Gasteiger partial charge in [-0.05, 0) is 52.0 Å². The first kappa shape index (κ1) is 14.9. The van der Waals surface area contributed by atoms with Gasteiger partial charge in [0.25, 0.3) is 0 Å². The van der Waals surface area contributed by atoms with E-state index in [-0.39, 0.29) is 18.2 Å². The molecule has 110 valence electrons. The molecule has 2 aliphatic carbocycles. The molecule has 2 atom stereocenters. The van der Waals surface area contributed by atoms with Gasteiger partial charge in [-0.1, -0.05) is 35.8 Å². The SMILES string of the molecule is CC1=CC(NC(=O)OC2C=CCCCCC2)CC(C)=C1. The molecule has 1 N–H and O–H groups in total. The van der Waals surface area contributed by atoms with Crippen molar-refractivity contribution in [1.29, 1.82) is 0 Å². The van der Waals surface area contributed by atoms with Crippen molar-refractivity contribution in [1.82, 2.24) is 5.32 Å². The lowest BCUT2D eigenvalue weighted by Crippen LogP contribution is -2.37. The van der Waals surface area contributed by atoms with Gasteiger partial charge >= 0.3 is 6.09 Å². The lowest BCUT2D eigenvalue weighted by molar-refractivity contribution is 0.111. The van der Waals surface area contributed by atoms with Crippen LogP contribution in [0.4, 0.5) is 4.79 Å². The number of amides is 1. The minimum absolute atomic E-state index is 0.0602. The minimum Gasteiger partial charge on any atom is -0.442 e. The second kappa shape index (κ2) is 7.32. The van der Waals surface area contributed by atoms with Crippen LogP contribution in [0.1, 0.15) is 52.4 Å². The number of carbonyl (C=O) groups is 1. The number of rotatable bonds is 2. The van der Waals surface area contributed by atoms with Crippen LogP contribution in [-0.2, 0) is 4.74 Å². The summed E-state index contributed by atoms with van der Waals surface area (Å²) in [6, 6.07) is 0.0602. The van der Waals surface area contributed by atoms with Gasteiger partial charge in [-0.25, -0.2) is 4.79 Å². The Morgan fingerprint density at radius 1 is 1.30 bits per heavy atom. The van der Waals surface area contributed by atoms with Crippen molar-refractivity contribution < 1.29 is 9.53 Å². The summed E-state index contributed by atoms with van der Waals surface area (Å²) in [5.41, 5.74) is 2.49. The van der Waals surface area contributed by atoms with E-state index in [1.807, 2.05) is 6.08 Å². The Bertz CT molecular complexity index is 434. The molecule has 2 aliphatic rings. The summed E-state index contributed by atoms with van der Waals surface area (Å²) in [4.78, 5) is 12.0. The zero-order valence-electron chi connectivity index (χ0n) is 12.5. The second-order valence-electron chi connectivity index (χ2n) is 5.87. The Morgan fingerprint density at radius 2 is 2.15 bits per heavy atom. The van der Waals surface area contributed by atoms with Crippen molar-refractivity contribution in [3.63, 3.8) is 0 Å². The lowest BCUT2D eigenvalue weighted by Gasteiger charge is -2.22. The van der Waals surface area contributed by atoms with Crippen LogP contribution in [0.15, 0.2) is 35.5 Å². The molecule has 2 unspecified atom stereocenters.